The maximum absolute atomic E-state index is 12.7. The van der Waals surface area contributed by atoms with E-state index in [0.717, 1.165) is 51.4 Å². The molecule has 0 radical (unpaired) electrons. The lowest BCUT2D eigenvalue weighted by Crippen LogP contribution is -2.68. The van der Waals surface area contributed by atoms with Gasteiger partial charge in [-0.05, 0) is 135 Å². The lowest BCUT2D eigenvalue weighted by Gasteiger charge is -2.46. The first kappa shape index (κ1) is 46.8. The smallest absolute Gasteiger partial charge is 0.338 e. The Morgan fingerprint density at radius 2 is 1.00 bits per heavy atom. The van der Waals surface area contributed by atoms with Gasteiger partial charge in [0.05, 0.1) is 19.3 Å². The molecule has 2 aromatic rings. The minimum Gasteiger partial charge on any atom is -0.458 e. The third kappa shape index (κ3) is 14.4. The summed E-state index contributed by atoms with van der Waals surface area (Å²) in [5.41, 5.74) is -2.94. The van der Waals surface area contributed by atoms with Crippen molar-refractivity contribution in [3.8, 4) is 0 Å². The van der Waals surface area contributed by atoms with Crippen molar-refractivity contribution in [1.82, 2.24) is 0 Å². The maximum atomic E-state index is 12.7. The van der Waals surface area contributed by atoms with Crippen LogP contribution < -0.4 is 10.4 Å². The van der Waals surface area contributed by atoms with E-state index in [-0.39, 0.29) is 29.2 Å². The normalized spacial score (nSPS) is 21.6. The molecular formula is C46H74O8Si. The highest BCUT2D eigenvalue weighted by molar-refractivity contribution is 6.99. The van der Waals surface area contributed by atoms with Gasteiger partial charge in [0.15, 0.2) is 11.2 Å². The van der Waals surface area contributed by atoms with Gasteiger partial charge < -0.3 is 28.5 Å². The number of hydrogen-bond donors (Lipinski definition) is 1. The Kier molecular flexibility index (Phi) is 16.4. The number of aliphatic hydroxyl groups is 1. The summed E-state index contributed by atoms with van der Waals surface area (Å²) in [5, 5.41) is 12.2. The highest BCUT2D eigenvalue weighted by Crippen LogP contribution is 2.40. The van der Waals surface area contributed by atoms with E-state index >= 15 is 0 Å². The number of rotatable bonds is 12. The number of ether oxygens (including phenoxy) is 4. The third-order valence-corrected chi connectivity index (χ3v) is 15.5. The molecule has 0 spiro atoms. The van der Waals surface area contributed by atoms with E-state index < -0.39 is 30.7 Å². The molecule has 2 fully saturated rings. The summed E-state index contributed by atoms with van der Waals surface area (Å²) in [6.45, 7) is 26.3. The Hall–Kier alpha value is -2.56. The Morgan fingerprint density at radius 3 is 1.38 bits per heavy atom. The van der Waals surface area contributed by atoms with Gasteiger partial charge in [0.2, 0.25) is 0 Å². The van der Waals surface area contributed by atoms with Crippen LogP contribution in [0.1, 0.15) is 141 Å². The molecule has 8 nitrogen and oxygen atoms in total. The minimum absolute atomic E-state index is 0.0438. The Balaban J connectivity index is 0.000000360. The molecule has 2 saturated carbocycles. The van der Waals surface area contributed by atoms with Crippen LogP contribution in [-0.2, 0) is 33.0 Å². The standard InChI is InChI=1S/C31H46O4Si.C15H28O4/c1-29(2,3)34-28(32)31(7,8)33-23-24-16-15-17-25(22-24)35-36(30(4,5)6,26-18-11-9-12-19-26)27-20-13-10-14-21-27;1-14(2,3)19-13(17)15(4,5)18-10-11-7-6-8-12(16)9-11/h9-14,18-21,24-25H,15-17,22-23H2,1-8H3;11-12,16H,6-10H2,1-5H3. The van der Waals surface area contributed by atoms with Crippen LogP contribution in [0.3, 0.4) is 0 Å². The fourth-order valence-electron chi connectivity index (χ4n) is 7.43. The molecule has 9 heteroatoms. The van der Waals surface area contributed by atoms with Crippen molar-refractivity contribution < 1.29 is 38.1 Å². The molecule has 1 N–H and O–H groups in total. The van der Waals surface area contributed by atoms with Gasteiger partial charge in [-0.3, -0.25) is 0 Å². The van der Waals surface area contributed by atoms with Gasteiger partial charge in [-0.25, -0.2) is 9.59 Å². The molecule has 0 amide bonds. The molecule has 0 saturated heterocycles. The number of carbonyl (C=O) groups is 2. The molecule has 0 heterocycles. The zero-order chi connectivity index (χ0) is 41.3. The van der Waals surface area contributed by atoms with Gasteiger partial charge in [-0.2, -0.15) is 0 Å². The van der Waals surface area contributed by atoms with Gasteiger partial charge in [-0.1, -0.05) is 94.3 Å². The molecule has 310 valence electrons. The number of aliphatic hydroxyl groups excluding tert-OH is 1. The highest BCUT2D eigenvalue weighted by Gasteiger charge is 2.52. The van der Waals surface area contributed by atoms with Crippen molar-refractivity contribution >= 4 is 30.6 Å². The second-order valence-electron chi connectivity index (χ2n) is 19.8. The van der Waals surface area contributed by atoms with Crippen LogP contribution in [0.2, 0.25) is 5.04 Å². The first-order valence-electron chi connectivity index (χ1n) is 20.6. The van der Waals surface area contributed by atoms with E-state index in [2.05, 4.69) is 81.4 Å². The van der Waals surface area contributed by atoms with Gasteiger partial charge in [0.1, 0.15) is 11.2 Å². The molecule has 0 aromatic heterocycles. The molecule has 4 atom stereocenters. The number of carbonyl (C=O) groups excluding carboxylic acids is 2. The molecule has 4 unspecified atom stereocenters. The van der Waals surface area contributed by atoms with Crippen molar-refractivity contribution in [2.75, 3.05) is 13.2 Å². The summed E-state index contributed by atoms with van der Waals surface area (Å²) in [6.07, 6.45) is 7.86. The summed E-state index contributed by atoms with van der Waals surface area (Å²) in [4.78, 5) is 24.7. The molecule has 0 aliphatic heterocycles. The van der Waals surface area contributed by atoms with Crippen LogP contribution in [0.4, 0.5) is 0 Å². The molecule has 55 heavy (non-hydrogen) atoms. The van der Waals surface area contributed by atoms with Gasteiger partial charge in [0, 0.05) is 6.10 Å². The quantitative estimate of drug-likeness (QED) is 0.168. The van der Waals surface area contributed by atoms with Crippen LogP contribution >= 0.6 is 0 Å². The van der Waals surface area contributed by atoms with Crippen molar-refractivity contribution in [2.24, 2.45) is 11.8 Å². The minimum atomic E-state index is -2.59. The van der Waals surface area contributed by atoms with E-state index in [1.165, 1.54) is 10.4 Å². The Morgan fingerprint density at radius 1 is 0.600 bits per heavy atom. The van der Waals surface area contributed by atoms with E-state index in [9.17, 15) is 14.7 Å². The van der Waals surface area contributed by atoms with E-state index in [4.69, 9.17) is 23.4 Å². The second-order valence-corrected chi connectivity index (χ2v) is 24.0. The SMILES string of the molecule is CC(C)(C)OC(=O)C(C)(C)OCC1CCCC(O)C1.CC(C)(C)OC(=O)C(C)(C)OCC1CCCC(O[Si](c2ccccc2)(c2ccccc2)C(C)(C)C)C1. The van der Waals surface area contributed by atoms with Crippen LogP contribution in [0.15, 0.2) is 60.7 Å². The third-order valence-electron chi connectivity index (χ3n) is 10.4. The number of benzene rings is 2. The predicted molar refractivity (Wildman–Crippen MR) is 224 cm³/mol. The van der Waals surface area contributed by atoms with Crippen LogP contribution in [-0.4, -0.2) is 73.2 Å². The largest absolute Gasteiger partial charge is 0.458 e. The van der Waals surface area contributed by atoms with E-state index in [1.807, 2.05) is 41.5 Å². The lowest BCUT2D eigenvalue weighted by molar-refractivity contribution is -0.182. The fraction of sp³-hybridized carbons (Fsp3) is 0.696. The first-order chi connectivity index (χ1) is 25.3. The van der Waals surface area contributed by atoms with Crippen LogP contribution in [0.25, 0.3) is 0 Å². The van der Waals surface area contributed by atoms with Crippen molar-refractivity contribution in [2.45, 2.75) is 181 Å². The van der Waals surface area contributed by atoms with Crippen LogP contribution in [0, 0.1) is 11.8 Å². The van der Waals surface area contributed by atoms with Crippen molar-refractivity contribution in [3.63, 3.8) is 0 Å². The summed E-state index contributed by atoms with van der Waals surface area (Å²) < 4.78 is 30.2. The Bertz CT molecular complexity index is 1430. The Labute approximate surface area is 334 Å². The number of esters is 2. The molecule has 4 rings (SSSR count). The van der Waals surface area contributed by atoms with Gasteiger partial charge in [0.25, 0.3) is 8.32 Å². The zero-order valence-electron chi connectivity index (χ0n) is 36.5. The molecule has 2 aliphatic rings. The zero-order valence-corrected chi connectivity index (χ0v) is 37.5. The lowest BCUT2D eigenvalue weighted by atomic mass is 9.88. The topological polar surface area (TPSA) is 101 Å². The van der Waals surface area contributed by atoms with E-state index in [0.29, 0.717) is 25.0 Å². The van der Waals surface area contributed by atoms with Crippen LogP contribution in [0.5, 0.6) is 0 Å². The van der Waals surface area contributed by atoms with Crippen molar-refractivity contribution in [1.29, 1.82) is 0 Å². The molecular weight excluding hydrogens is 709 g/mol. The summed E-state index contributed by atoms with van der Waals surface area (Å²) in [7, 11) is -2.59. The average Bonchev–Trinajstić information content (AvgIpc) is 3.08. The molecule has 2 aromatic carbocycles. The summed E-state index contributed by atoms with van der Waals surface area (Å²) >= 11 is 0. The predicted octanol–water partition coefficient (Wildman–Crippen LogP) is 8.93. The average molecular weight is 783 g/mol. The number of hydrogen-bond acceptors (Lipinski definition) is 8. The van der Waals surface area contributed by atoms with Gasteiger partial charge in [-0.15, -0.1) is 0 Å². The van der Waals surface area contributed by atoms with Crippen molar-refractivity contribution in [3.05, 3.63) is 60.7 Å². The van der Waals surface area contributed by atoms with Gasteiger partial charge >= 0.3 is 11.9 Å². The first-order valence-corrected chi connectivity index (χ1v) is 22.5. The molecule has 2 aliphatic carbocycles. The van der Waals surface area contributed by atoms with E-state index in [1.54, 1.807) is 27.7 Å². The molecule has 0 bridgehead atoms. The highest BCUT2D eigenvalue weighted by atomic mass is 28.4. The summed E-state index contributed by atoms with van der Waals surface area (Å²) in [5.74, 6) is 0.0384. The fourth-order valence-corrected chi connectivity index (χ4v) is 12.2. The second kappa shape index (κ2) is 19.3. The maximum Gasteiger partial charge on any atom is 0.338 e. The summed E-state index contributed by atoms with van der Waals surface area (Å²) in [6, 6.07) is 21.7. The monoisotopic (exact) mass is 783 g/mol.